The maximum atomic E-state index is 10.2. The van der Waals surface area contributed by atoms with Crippen LogP contribution in [0.4, 0.5) is 0 Å². The Balaban J connectivity index is 3.31. The highest BCUT2D eigenvalue weighted by atomic mass is 16.1. The van der Waals surface area contributed by atoms with Gasteiger partial charge in [-0.3, -0.25) is 0 Å². The molecule has 0 aromatic heterocycles. The fourth-order valence-electron chi connectivity index (χ4n) is 2.05. The molecule has 1 heteroatoms. The van der Waals surface area contributed by atoms with Crippen molar-refractivity contribution in [1.29, 1.82) is 0 Å². The topological polar surface area (TPSA) is 17.1 Å². The number of rotatable bonds is 13. The van der Waals surface area contributed by atoms with Gasteiger partial charge in [0, 0.05) is 6.42 Å². The van der Waals surface area contributed by atoms with E-state index in [1.165, 1.54) is 38.5 Å². The standard InChI is InChI=1S/C18H32O/c1-3-4-5-6-7-8-9-10-11-12-13-15-18(2)16-14-17-19/h7-8,11-12,17-18H,3-6,9-10,13-16H2,1-2H3/b8-7-,12-11-/t18-/m1/s1. The highest BCUT2D eigenvalue weighted by molar-refractivity contribution is 5.49. The zero-order valence-corrected chi connectivity index (χ0v) is 12.9. The summed E-state index contributed by atoms with van der Waals surface area (Å²) < 4.78 is 0. The van der Waals surface area contributed by atoms with Crippen molar-refractivity contribution in [3.63, 3.8) is 0 Å². The summed E-state index contributed by atoms with van der Waals surface area (Å²) in [7, 11) is 0. The first-order chi connectivity index (χ1) is 9.31. The molecule has 0 amide bonds. The van der Waals surface area contributed by atoms with Gasteiger partial charge in [-0.1, -0.05) is 51.0 Å². The predicted octanol–water partition coefficient (Wildman–Crippen LogP) is 5.85. The molecule has 0 saturated heterocycles. The Morgan fingerprint density at radius 1 is 0.789 bits per heavy atom. The molecule has 0 aliphatic heterocycles. The van der Waals surface area contributed by atoms with Crippen LogP contribution in [0.25, 0.3) is 0 Å². The van der Waals surface area contributed by atoms with Crippen molar-refractivity contribution in [3.8, 4) is 0 Å². The van der Waals surface area contributed by atoms with E-state index in [2.05, 4.69) is 38.2 Å². The van der Waals surface area contributed by atoms with Crippen LogP contribution < -0.4 is 0 Å². The quantitative estimate of drug-likeness (QED) is 0.231. The molecule has 0 saturated carbocycles. The molecule has 0 aromatic rings. The van der Waals surface area contributed by atoms with E-state index in [0.717, 1.165) is 25.5 Å². The average Bonchev–Trinajstić information content (AvgIpc) is 2.42. The van der Waals surface area contributed by atoms with Gasteiger partial charge in [0.05, 0.1) is 0 Å². The normalized spacial score (nSPS) is 13.4. The van der Waals surface area contributed by atoms with Gasteiger partial charge in [-0.2, -0.15) is 0 Å². The van der Waals surface area contributed by atoms with Gasteiger partial charge >= 0.3 is 0 Å². The van der Waals surface area contributed by atoms with Crippen LogP contribution in [0.2, 0.25) is 0 Å². The molecule has 1 atom stereocenters. The predicted molar refractivity (Wildman–Crippen MR) is 85.4 cm³/mol. The molecule has 0 heterocycles. The number of carbonyl (C=O) groups excluding carboxylic acids is 1. The fourth-order valence-corrected chi connectivity index (χ4v) is 2.05. The van der Waals surface area contributed by atoms with Crippen molar-refractivity contribution in [3.05, 3.63) is 24.3 Å². The Labute approximate surface area is 120 Å². The molecular weight excluding hydrogens is 232 g/mol. The first-order valence-electron chi connectivity index (χ1n) is 8.04. The fraction of sp³-hybridized carbons (Fsp3) is 0.722. The second-order valence-corrected chi connectivity index (χ2v) is 5.44. The zero-order valence-electron chi connectivity index (χ0n) is 12.9. The minimum atomic E-state index is 0.674. The summed E-state index contributed by atoms with van der Waals surface area (Å²) >= 11 is 0. The number of carbonyl (C=O) groups is 1. The minimum Gasteiger partial charge on any atom is -0.303 e. The third kappa shape index (κ3) is 15.1. The number of allylic oxidation sites excluding steroid dienone is 4. The van der Waals surface area contributed by atoms with E-state index in [-0.39, 0.29) is 0 Å². The molecular formula is C18H32O. The van der Waals surface area contributed by atoms with Crippen LogP contribution in [0.3, 0.4) is 0 Å². The lowest BCUT2D eigenvalue weighted by atomic mass is 10.00. The number of hydrogen-bond donors (Lipinski definition) is 0. The van der Waals surface area contributed by atoms with Crippen molar-refractivity contribution in [2.75, 3.05) is 0 Å². The van der Waals surface area contributed by atoms with Gasteiger partial charge in [-0.25, -0.2) is 0 Å². The van der Waals surface area contributed by atoms with E-state index >= 15 is 0 Å². The molecule has 0 aliphatic rings. The van der Waals surface area contributed by atoms with E-state index in [9.17, 15) is 4.79 Å². The maximum absolute atomic E-state index is 10.2. The summed E-state index contributed by atoms with van der Waals surface area (Å²) in [6.45, 7) is 4.48. The first kappa shape index (κ1) is 18.1. The summed E-state index contributed by atoms with van der Waals surface area (Å²) in [4.78, 5) is 10.2. The number of aldehydes is 1. The van der Waals surface area contributed by atoms with E-state index in [4.69, 9.17) is 0 Å². The van der Waals surface area contributed by atoms with Gasteiger partial charge in [-0.05, 0) is 50.9 Å². The van der Waals surface area contributed by atoms with Gasteiger partial charge in [0.2, 0.25) is 0 Å². The Hall–Kier alpha value is -0.850. The maximum Gasteiger partial charge on any atom is 0.120 e. The van der Waals surface area contributed by atoms with E-state index < -0.39 is 0 Å². The lowest BCUT2D eigenvalue weighted by molar-refractivity contribution is -0.108. The Morgan fingerprint density at radius 2 is 1.37 bits per heavy atom. The van der Waals surface area contributed by atoms with Gasteiger partial charge in [0.25, 0.3) is 0 Å². The molecule has 0 N–H and O–H groups in total. The van der Waals surface area contributed by atoms with Gasteiger partial charge in [-0.15, -0.1) is 0 Å². The molecule has 0 fully saturated rings. The molecule has 0 aromatic carbocycles. The van der Waals surface area contributed by atoms with Crippen molar-refractivity contribution < 1.29 is 4.79 Å². The Morgan fingerprint density at radius 3 is 2.00 bits per heavy atom. The van der Waals surface area contributed by atoms with Crippen molar-refractivity contribution in [2.45, 2.75) is 78.1 Å². The lowest BCUT2D eigenvalue weighted by Crippen LogP contribution is -1.93. The third-order valence-corrected chi connectivity index (χ3v) is 3.41. The summed E-state index contributed by atoms with van der Waals surface area (Å²) in [5, 5.41) is 0. The van der Waals surface area contributed by atoms with Gasteiger partial charge in [0.1, 0.15) is 6.29 Å². The molecule has 19 heavy (non-hydrogen) atoms. The molecule has 1 nitrogen and oxygen atoms in total. The Bertz CT molecular complexity index is 240. The number of unbranched alkanes of at least 4 members (excludes halogenated alkanes) is 4. The molecule has 0 spiro atoms. The van der Waals surface area contributed by atoms with Crippen LogP contribution in [0, 0.1) is 5.92 Å². The zero-order chi connectivity index (χ0) is 14.2. The highest BCUT2D eigenvalue weighted by Gasteiger charge is 1.98. The second-order valence-electron chi connectivity index (χ2n) is 5.44. The summed E-state index contributed by atoms with van der Waals surface area (Å²) in [5.74, 6) is 0.674. The molecule has 0 unspecified atom stereocenters. The summed E-state index contributed by atoms with van der Waals surface area (Å²) in [6, 6.07) is 0. The van der Waals surface area contributed by atoms with Crippen molar-refractivity contribution in [1.82, 2.24) is 0 Å². The monoisotopic (exact) mass is 264 g/mol. The molecule has 0 rings (SSSR count). The molecule has 110 valence electrons. The lowest BCUT2D eigenvalue weighted by Gasteiger charge is -2.06. The smallest absolute Gasteiger partial charge is 0.120 e. The highest BCUT2D eigenvalue weighted by Crippen LogP contribution is 2.12. The van der Waals surface area contributed by atoms with Crippen LogP contribution in [-0.4, -0.2) is 6.29 Å². The van der Waals surface area contributed by atoms with Crippen molar-refractivity contribution in [2.24, 2.45) is 5.92 Å². The van der Waals surface area contributed by atoms with Crippen LogP contribution in [-0.2, 0) is 4.79 Å². The van der Waals surface area contributed by atoms with E-state index in [1.807, 2.05) is 0 Å². The van der Waals surface area contributed by atoms with Crippen molar-refractivity contribution >= 4 is 6.29 Å². The van der Waals surface area contributed by atoms with E-state index in [1.54, 1.807) is 0 Å². The minimum absolute atomic E-state index is 0.674. The van der Waals surface area contributed by atoms with Gasteiger partial charge in [0.15, 0.2) is 0 Å². The number of hydrogen-bond acceptors (Lipinski definition) is 1. The largest absolute Gasteiger partial charge is 0.303 e. The Kier molecular flexibility index (Phi) is 14.5. The average molecular weight is 264 g/mol. The molecule has 0 bridgehead atoms. The SMILES string of the molecule is CCCCC/C=C\CC/C=C\CC[C@@H](C)CCC=O. The van der Waals surface area contributed by atoms with E-state index in [0.29, 0.717) is 12.3 Å². The summed E-state index contributed by atoms with van der Waals surface area (Å²) in [6.07, 6.45) is 21.9. The molecule has 0 aliphatic carbocycles. The van der Waals surface area contributed by atoms with Crippen LogP contribution in [0.15, 0.2) is 24.3 Å². The van der Waals surface area contributed by atoms with Crippen LogP contribution in [0.1, 0.15) is 78.1 Å². The molecule has 0 radical (unpaired) electrons. The van der Waals surface area contributed by atoms with Crippen LogP contribution in [0.5, 0.6) is 0 Å². The third-order valence-electron chi connectivity index (χ3n) is 3.41. The second kappa shape index (κ2) is 15.2. The van der Waals surface area contributed by atoms with Crippen LogP contribution >= 0.6 is 0 Å². The van der Waals surface area contributed by atoms with Gasteiger partial charge < -0.3 is 4.79 Å². The summed E-state index contributed by atoms with van der Waals surface area (Å²) in [5.41, 5.74) is 0. The first-order valence-corrected chi connectivity index (χ1v) is 8.04.